The topological polar surface area (TPSA) is 69.0 Å². The summed E-state index contributed by atoms with van der Waals surface area (Å²) in [4.78, 5) is 17.4. The van der Waals surface area contributed by atoms with Crippen LogP contribution in [-0.4, -0.2) is 27.7 Å². The van der Waals surface area contributed by atoms with E-state index in [0.29, 0.717) is 23.5 Å². The third-order valence-corrected chi connectivity index (χ3v) is 5.41. The zero-order chi connectivity index (χ0) is 20.0. The molecule has 0 bridgehead atoms. The number of rotatable bonds is 3. The lowest BCUT2D eigenvalue weighted by Gasteiger charge is -2.32. The van der Waals surface area contributed by atoms with E-state index < -0.39 is 6.04 Å². The molecular weight excluding hydrogens is 371 g/mol. The molecule has 7 heteroatoms. The summed E-state index contributed by atoms with van der Waals surface area (Å²) in [5, 5.41) is 7.86. The van der Waals surface area contributed by atoms with Crippen molar-refractivity contribution < 1.29 is 13.9 Å². The first-order valence-electron chi connectivity index (χ1n) is 9.54. The molecule has 0 fully saturated rings. The Balaban J connectivity index is 1.67. The van der Waals surface area contributed by atoms with Crippen molar-refractivity contribution in [2.45, 2.75) is 25.3 Å². The van der Waals surface area contributed by atoms with Gasteiger partial charge in [0.1, 0.15) is 17.6 Å². The predicted molar refractivity (Wildman–Crippen MR) is 106 cm³/mol. The summed E-state index contributed by atoms with van der Waals surface area (Å²) in [5.74, 6) is 1.25. The number of halogens is 1. The molecule has 29 heavy (non-hydrogen) atoms. The second kappa shape index (κ2) is 6.84. The number of allylic oxidation sites excluding steroid dienone is 2. The van der Waals surface area contributed by atoms with Crippen LogP contribution in [0.5, 0.6) is 5.75 Å². The number of ketones is 1. The molecule has 146 valence electrons. The average Bonchev–Trinajstić information content (AvgIpc) is 3.16. The highest BCUT2D eigenvalue weighted by atomic mass is 19.1. The molecular formula is C22H19FN4O2. The van der Waals surface area contributed by atoms with Crippen molar-refractivity contribution in [3.05, 3.63) is 71.2 Å². The van der Waals surface area contributed by atoms with Crippen LogP contribution in [0.25, 0.3) is 11.4 Å². The van der Waals surface area contributed by atoms with Gasteiger partial charge in [-0.3, -0.25) is 4.79 Å². The minimum atomic E-state index is -0.409. The molecule has 5 rings (SSSR count). The molecule has 1 N–H and O–H groups in total. The summed E-state index contributed by atoms with van der Waals surface area (Å²) in [7, 11) is 1.61. The third-order valence-electron chi connectivity index (χ3n) is 5.41. The molecule has 1 aliphatic heterocycles. The maximum absolute atomic E-state index is 14.3. The zero-order valence-corrected chi connectivity index (χ0v) is 15.9. The monoisotopic (exact) mass is 390 g/mol. The first-order valence-corrected chi connectivity index (χ1v) is 9.54. The molecule has 2 aromatic carbocycles. The van der Waals surface area contributed by atoms with E-state index in [2.05, 4.69) is 15.4 Å². The van der Waals surface area contributed by atoms with Gasteiger partial charge in [0.25, 0.3) is 0 Å². The molecule has 2 aliphatic rings. The lowest BCUT2D eigenvalue weighted by Crippen LogP contribution is -2.31. The van der Waals surface area contributed by atoms with Gasteiger partial charge in [-0.1, -0.05) is 24.3 Å². The summed E-state index contributed by atoms with van der Waals surface area (Å²) in [6.45, 7) is 0. The van der Waals surface area contributed by atoms with E-state index in [1.807, 2.05) is 24.3 Å². The summed E-state index contributed by atoms with van der Waals surface area (Å²) in [6, 6.07) is 13.6. The second-order valence-electron chi connectivity index (χ2n) is 7.15. The number of nitrogens with one attached hydrogen (secondary N) is 1. The molecule has 1 aliphatic carbocycles. The summed E-state index contributed by atoms with van der Waals surface area (Å²) >= 11 is 0. The Bertz CT molecular complexity index is 1130. The zero-order valence-electron chi connectivity index (χ0n) is 15.9. The van der Waals surface area contributed by atoms with Crippen molar-refractivity contribution in [1.29, 1.82) is 0 Å². The summed E-state index contributed by atoms with van der Waals surface area (Å²) in [6.07, 6.45) is 2.08. The number of hydrogen-bond donors (Lipinski definition) is 1. The largest absolute Gasteiger partial charge is 0.497 e. The van der Waals surface area contributed by atoms with Crippen LogP contribution in [-0.2, 0) is 4.79 Å². The standard InChI is InChI=1S/C22H19FN4O2/c1-29-14-11-9-13(10-12-14)20-19-17(7-4-8-18(19)28)24-22-25-21(26-27(20)22)15-5-2-3-6-16(15)23/h2-3,5-6,9-12,20H,4,7-8H2,1H3,(H,24,25,26). The van der Waals surface area contributed by atoms with Crippen molar-refractivity contribution in [2.24, 2.45) is 0 Å². The number of benzene rings is 2. The number of ether oxygens (including phenoxy) is 1. The molecule has 1 aromatic heterocycles. The highest BCUT2D eigenvalue weighted by Gasteiger charge is 2.37. The van der Waals surface area contributed by atoms with Crippen LogP contribution in [0.2, 0.25) is 0 Å². The van der Waals surface area contributed by atoms with Crippen LogP contribution >= 0.6 is 0 Å². The van der Waals surface area contributed by atoms with Crippen LogP contribution in [0.3, 0.4) is 0 Å². The number of nitrogens with zero attached hydrogens (tertiary/aromatic N) is 3. The van der Waals surface area contributed by atoms with Gasteiger partial charge in [0.05, 0.1) is 12.7 Å². The van der Waals surface area contributed by atoms with E-state index in [1.165, 1.54) is 6.07 Å². The first kappa shape index (κ1) is 17.6. The molecule has 0 radical (unpaired) electrons. The van der Waals surface area contributed by atoms with E-state index in [0.717, 1.165) is 29.9 Å². The van der Waals surface area contributed by atoms with Gasteiger partial charge < -0.3 is 10.1 Å². The number of hydrogen-bond acceptors (Lipinski definition) is 5. The molecule has 6 nitrogen and oxygen atoms in total. The fraction of sp³-hybridized carbons (Fsp3) is 0.227. The molecule has 2 heterocycles. The van der Waals surface area contributed by atoms with Gasteiger partial charge in [-0.25, -0.2) is 9.07 Å². The molecule has 0 saturated heterocycles. The van der Waals surface area contributed by atoms with Crippen LogP contribution in [0.15, 0.2) is 59.8 Å². The van der Waals surface area contributed by atoms with Crippen LogP contribution in [0, 0.1) is 5.82 Å². The Morgan fingerprint density at radius 2 is 1.93 bits per heavy atom. The number of anilines is 1. The quantitative estimate of drug-likeness (QED) is 0.729. The normalized spacial score (nSPS) is 18.1. The fourth-order valence-electron chi connectivity index (χ4n) is 4.01. The molecule has 3 aromatic rings. The number of fused-ring (bicyclic) bond motifs is 1. The Hall–Kier alpha value is -3.48. The van der Waals surface area contributed by atoms with Gasteiger partial charge in [0.2, 0.25) is 5.95 Å². The Kier molecular flexibility index (Phi) is 4.16. The van der Waals surface area contributed by atoms with E-state index in [1.54, 1.807) is 30.0 Å². The van der Waals surface area contributed by atoms with Gasteiger partial charge in [-0.05, 0) is 42.7 Å². The Morgan fingerprint density at radius 1 is 1.14 bits per heavy atom. The van der Waals surface area contributed by atoms with Crippen LogP contribution in [0.4, 0.5) is 10.3 Å². The number of carbonyl (C=O) groups excluding carboxylic acids is 1. The van der Waals surface area contributed by atoms with Gasteiger partial charge in [0, 0.05) is 17.7 Å². The van der Waals surface area contributed by atoms with E-state index in [4.69, 9.17) is 4.74 Å². The van der Waals surface area contributed by atoms with Gasteiger partial charge in [-0.15, -0.1) is 5.10 Å². The molecule has 1 unspecified atom stereocenters. The van der Waals surface area contributed by atoms with Gasteiger partial charge >= 0.3 is 0 Å². The number of methoxy groups -OCH3 is 1. The van der Waals surface area contributed by atoms with Crippen molar-refractivity contribution in [3.8, 4) is 17.1 Å². The molecule has 0 saturated carbocycles. The molecule has 1 atom stereocenters. The maximum Gasteiger partial charge on any atom is 0.226 e. The van der Waals surface area contributed by atoms with Crippen molar-refractivity contribution >= 4 is 11.7 Å². The predicted octanol–water partition coefficient (Wildman–Crippen LogP) is 4.11. The smallest absolute Gasteiger partial charge is 0.226 e. The van der Waals surface area contributed by atoms with Crippen LogP contribution in [0.1, 0.15) is 30.9 Å². The fourth-order valence-corrected chi connectivity index (χ4v) is 4.01. The SMILES string of the molecule is COc1ccc(C2C3=C(CCCC3=O)Nc3nc(-c4ccccc4F)nn32)cc1. The van der Waals surface area contributed by atoms with E-state index in [-0.39, 0.29) is 17.4 Å². The minimum Gasteiger partial charge on any atom is -0.497 e. The van der Waals surface area contributed by atoms with Crippen molar-refractivity contribution in [2.75, 3.05) is 12.4 Å². The summed E-state index contributed by atoms with van der Waals surface area (Å²) < 4.78 is 21.3. The van der Waals surface area contributed by atoms with Crippen molar-refractivity contribution in [3.63, 3.8) is 0 Å². The highest BCUT2D eigenvalue weighted by molar-refractivity contribution is 5.99. The first-order chi connectivity index (χ1) is 14.2. The number of carbonyl (C=O) groups is 1. The molecule has 0 amide bonds. The highest BCUT2D eigenvalue weighted by Crippen LogP contribution is 2.41. The van der Waals surface area contributed by atoms with E-state index in [9.17, 15) is 9.18 Å². The Labute approximate surface area is 167 Å². The number of Topliss-reactive ketones (excluding diaryl/α,β-unsaturated/α-hetero) is 1. The van der Waals surface area contributed by atoms with Gasteiger partial charge in [0.15, 0.2) is 11.6 Å². The second-order valence-corrected chi connectivity index (χ2v) is 7.15. The lowest BCUT2D eigenvalue weighted by molar-refractivity contribution is -0.116. The van der Waals surface area contributed by atoms with Crippen LogP contribution < -0.4 is 10.1 Å². The lowest BCUT2D eigenvalue weighted by atomic mass is 9.85. The van der Waals surface area contributed by atoms with E-state index >= 15 is 0 Å². The minimum absolute atomic E-state index is 0.105. The van der Waals surface area contributed by atoms with Crippen molar-refractivity contribution in [1.82, 2.24) is 14.8 Å². The maximum atomic E-state index is 14.3. The molecule has 0 spiro atoms. The third kappa shape index (κ3) is 2.90. The van der Waals surface area contributed by atoms with Gasteiger partial charge in [-0.2, -0.15) is 4.98 Å². The summed E-state index contributed by atoms with van der Waals surface area (Å²) in [5.41, 5.74) is 2.82. The average molecular weight is 390 g/mol. The Morgan fingerprint density at radius 3 is 2.69 bits per heavy atom. The number of aromatic nitrogens is 3.